The molecule has 1 aliphatic rings. The highest BCUT2D eigenvalue weighted by atomic mass is 35.5. The molecule has 0 spiro atoms. The van der Waals surface area contributed by atoms with E-state index in [1.54, 1.807) is 42.7 Å². The molecule has 1 aromatic carbocycles. The van der Waals surface area contributed by atoms with Crippen molar-refractivity contribution in [3.05, 3.63) is 53.3 Å². The van der Waals surface area contributed by atoms with E-state index in [1.807, 2.05) is 4.90 Å². The number of hydrogen-bond acceptors (Lipinski definition) is 5. The molecule has 9 heteroatoms. The number of nitrogens with two attached hydrogens (primary N) is 1. The van der Waals surface area contributed by atoms with Gasteiger partial charge in [-0.15, -0.1) is 0 Å². The third kappa shape index (κ3) is 5.30. The normalized spacial score (nSPS) is 14.9. The molecule has 1 saturated heterocycles. The van der Waals surface area contributed by atoms with Crippen molar-refractivity contribution in [2.45, 2.75) is 0 Å². The van der Waals surface area contributed by atoms with Crippen LogP contribution >= 0.6 is 11.6 Å². The SMILES string of the molecule is NC(=NCCNC(=O)c1ccc(Cl)cc1)N1CCN(c2ncccn2)CC1. The summed E-state index contributed by atoms with van der Waals surface area (Å²) in [6.07, 6.45) is 3.48. The third-order valence-electron chi connectivity index (χ3n) is 4.22. The van der Waals surface area contributed by atoms with E-state index in [4.69, 9.17) is 17.3 Å². The van der Waals surface area contributed by atoms with Gasteiger partial charge in [0.2, 0.25) is 5.95 Å². The Kier molecular flexibility index (Phi) is 6.43. The van der Waals surface area contributed by atoms with Crippen LogP contribution in [0.2, 0.25) is 5.02 Å². The van der Waals surface area contributed by atoms with E-state index >= 15 is 0 Å². The molecule has 1 aliphatic heterocycles. The minimum Gasteiger partial charge on any atom is -0.370 e. The molecule has 2 aromatic rings. The predicted molar refractivity (Wildman–Crippen MR) is 106 cm³/mol. The number of piperazine rings is 1. The highest BCUT2D eigenvalue weighted by molar-refractivity contribution is 6.30. The quantitative estimate of drug-likeness (QED) is 0.451. The molecule has 1 aromatic heterocycles. The van der Waals surface area contributed by atoms with Crippen LogP contribution in [0, 0.1) is 0 Å². The Bertz CT molecular complexity index is 774. The summed E-state index contributed by atoms with van der Waals surface area (Å²) in [7, 11) is 0. The van der Waals surface area contributed by atoms with Gasteiger partial charge < -0.3 is 20.9 Å². The molecule has 2 heterocycles. The first kappa shape index (κ1) is 18.9. The Hall–Kier alpha value is -2.87. The lowest BCUT2D eigenvalue weighted by atomic mass is 10.2. The minimum atomic E-state index is -0.156. The number of nitrogens with one attached hydrogen (secondary N) is 1. The zero-order valence-electron chi connectivity index (χ0n) is 14.9. The first-order chi connectivity index (χ1) is 13.1. The summed E-state index contributed by atoms with van der Waals surface area (Å²) in [4.78, 5) is 29.1. The number of rotatable bonds is 5. The van der Waals surface area contributed by atoms with Gasteiger partial charge in [0.1, 0.15) is 0 Å². The summed E-state index contributed by atoms with van der Waals surface area (Å²) in [5.74, 6) is 1.07. The molecule has 0 unspecified atom stereocenters. The molecule has 3 rings (SSSR count). The second kappa shape index (κ2) is 9.18. The molecule has 0 bridgehead atoms. The van der Waals surface area contributed by atoms with Crippen molar-refractivity contribution in [3.8, 4) is 0 Å². The Morgan fingerprint density at radius 3 is 2.48 bits per heavy atom. The van der Waals surface area contributed by atoms with E-state index < -0.39 is 0 Å². The van der Waals surface area contributed by atoms with Crippen molar-refractivity contribution in [2.75, 3.05) is 44.2 Å². The molecule has 0 saturated carbocycles. The van der Waals surface area contributed by atoms with Gasteiger partial charge in [0, 0.05) is 55.7 Å². The number of amides is 1. The van der Waals surface area contributed by atoms with Crippen LogP contribution in [0.4, 0.5) is 5.95 Å². The third-order valence-corrected chi connectivity index (χ3v) is 4.47. The van der Waals surface area contributed by atoms with Crippen molar-refractivity contribution in [2.24, 2.45) is 10.7 Å². The van der Waals surface area contributed by atoms with Gasteiger partial charge in [-0.3, -0.25) is 9.79 Å². The zero-order valence-corrected chi connectivity index (χ0v) is 15.6. The van der Waals surface area contributed by atoms with Gasteiger partial charge in [-0.1, -0.05) is 11.6 Å². The van der Waals surface area contributed by atoms with Gasteiger partial charge in [-0.05, 0) is 30.3 Å². The molecule has 8 nitrogen and oxygen atoms in total. The maximum Gasteiger partial charge on any atom is 0.251 e. The van der Waals surface area contributed by atoms with Crippen molar-refractivity contribution >= 4 is 29.4 Å². The highest BCUT2D eigenvalue weighted by Gasteiger charge is 2.19. The van der Waals surface area contributed by atoms with Crippen LogP contribution in [0.3, 0.4) is 0 Å². The van der Waals surface area contributed by atoms with Crippen molar-refractivity contribution < 1.29 is 4.79 Å². The number of guanidine groups is 1. The average molecular weight is 388 g/mol. The Balaban J connectivity index is 1.41. The van der Waals surface area contributed by atoms with Crippen molar-refractivity contribution in [1.29, 1.82) is 0 Å². The molecular formula is C18H22ClN7O. The number of anilines is 1. The molecule has 1 fully saturated rings. The van der Waals surface area contributed by atoms with Gasteiger partial charge in [0.15, 0.2) is 5.96 Å². The van der Waals surface area contributed by atoms with Crippen LogP contribution in [-0.2, 0) is 0 Å². The van der Waals surface area contributed by atoms with Crippen LogP contribution in [0.15, 0.2) is 47.7 Å². The van der Waals surface area contributed by atoms with E-state index in [-0.39, 0.29) is 5.91 Å². The summed E-state index contributed by atoms with van der Waals surface area (Å²) in [5, 5.41) is 3.42. The number of hydrogen-bond donors (Lipinski definition) is 2. The molecule has 142 valence electrons. The van der Waals surface area contributed by atoms with Gasteiger partial charge in [-0.25, -0.2) is 9.97 Å². The summed E-state index contributed by atoms with van der Waals surface area (Å²) < 4.78 is 0. The van der Waals surface area contributed by atoms with Crippen LogP contribution in [-0.4, -0.2) is 66.0 Å². The van der Waals surface area contributed by atoms with Gasteiger partial charge in [-0.2, -0.15) is 0 Å². The maximum absolute atomic E-state index is 12.0. The van der Waals surface area contributed by atoms with E-state index in [1.165, 1.54) is 0 Å². The highest BCUT2D eigenvalue weighted by Crippen LogP contribution is 2.10. The Morgan fingerprint density at radius 2 is 1.81 bits per heavy atom. The fraction of sp³-hybridized carbons (Fsp3) is 0.333. The summed E-state index contributed by atoms with van der Waals surface area (Å²) in [6.45, 7) is 3.92. The van der Waals surface area contributed by atoms with E-state index in [0.29, 0.717) is 29.6 Å². The smallest absolute Gasteiger partial charge is 0.251 e. The molecule has 0 radical (unpaired) electrons. The number of aromatic nitrogens is 2. The van der Waals surface area contributed by atoms with Gasteiger partial charge >= 0.3 is 0 Å². The predicted octanol–water partition coefficient (Wildman–Crippen LogP) is 0.997. The maximum atomic E-state index is 12.0. The summed E-state index contributed by atoms with van der Waals surface area (Å²) in [6, 6.07) is 8.55. The lowest BCUT2D eigenvalue weighted by Gasteiger charge is -2.35. The second-order valence-electron chi connectivity index (χ2n) is 6.03. The molecule has 27 heavy (non-hydrogen) atoms. The standard InChI is InChI=1S/C18H22ClN7O/c19-15-4-2-14(3-5-15)16(27)21-8-9-22-17(20)25-10-12-26(13-11-25)18-23-6-1-7-24-18/h1-7H,8-13H2,(H2,20,22)(H,21,27). The first-order valence-corrected chi connectivity index (χ1v) is 9.12. The Morgan fingerprint density at radius 1 is 1.15 bits per heavy atom. The number of halogens is 1. The second-order valence-corrected chi connectivity index (χ2v) is 6.46. The van der Waals surface area contributed by atoms with E-state index in [2.05, 4.69) is 25.2 Å². The topological polar surface area (TPSA) is 99.7 Å². The average Bonchev–Trinajstić information content (AvgIpc) is 2.72. The number of carbonyl (C=O) groups is 1. The largest absolute Gasteiger partial charge is 0.370 e. The van der Waals surface area contributed by atoms with Crippen molar-refractivity contribution in [3.63, 3.8) is 0 Å². The summed E-state index contributed by atoms with van der Waals surface area (Å²) in [5.41, 5.74) is 6.64. The fourth-order valence-corrected chi connectivity index (χ4v) is 2.86. The Labute approximate surface area is 163 Å². The number of benzene rings is 1. The lowest BCUT2D eigenvalue weighted by Crippen LogP contribution is -2.51. The molecule has 3 N–H and O–H groups in total. The van der Waals surface area contributed by atoms with Gasteiger partial charge in [0.25, 0.3) is 5.91 Å². The number of nitrogens with zero attached hydrogens (tertiary/aromatic N) is 5. The summed E-state index contributed by atoms with van der Waals surface area (Å²) >= 11 is 5.82. The van der Waals surface area contributed by atoms with Crippen LogP contribution in [0.25, 0.3) is 0 Å². The number of carbonyl (C=O) groups excluding carboxylic acids is 1. The monoisotopic (exact) mass is 387 g/mol. The first-order valence-electron chi connectivity index (χ1n) is 8.74. The van der Waals surface area contributed by atoms with E-state index in [9.17, 15) is 4.79 Å². The number of aliphatic imine (C=N–C) groups is 1. The van der Waals surface area contributed by atoms with Crippen LogP contribution in [0.5, 0.6) is 0 Å². The fourth-order valence-electron chi connectivity index (χ4n) is 2.73. The van der Waals surface area contributed by atoms with Gasteiger partial charge in [0.05, 0.1) is 6.54 Å². The molecule has 1 amide bonds. The van der Waals surface area contributed by atoms with Crippen LogP contribution in [0.1, 0.15) is 10.4 Å². The minimum absolute atomic E-state index is 0.156. The van der Waals surface area contributed by atoms with Crippen LogP contribution < -0.4 is 16.0 Å². The molecule has 0 atom stereocenters. The lowest BCUT2D eigenvalue weighted by molar-refractivity contribution is 0.0955. The molecular weight excluding hydrogens is 366 g/mol. The van der Waals surface area contributed by atoms with Crippen molar-refractivity contribution in [1.82, 2.24) is 20.2 Å². The van der Waals surface area contributed by atoms with E-state index in [0.717, 1.165) is 32.1 Å². The molecule has 0 aliphatic carbocycles. The zero-order chi connectivity index (χ0) is 19.1.